The summed E-state index contributed by atoms with van der Waals surface area (Å²) in [6.45, 7) is 0. The molecule has 0 aliphatic rings. The van der Waals surface area contributed by atoms with Crippen molar-refractivity contribution in [1.29, 1.82) is 0 Å². The number of halogens is 1. The van der Waals surface area contributed by atoms with Gasteiger partial charge in [-0.05, 0) is 27.7 Å². The Bertz CT molecular complexity index is 618. The molecule has 80 valence electrons. The Labute approximate surface area is 103 Å². The highest BCUT2D eigenvalue weighted by Gasteiger charge is 2.09. The van der Waals surface area contributed by atoms with E-state index in [4.69, 9.17) is 0 Å². The smallest absolute Gasteiger partial charge is 0.171 e. The SMILES string of the molecule is Brc1cn2ccnc2c(Sc2ncc[nH]2)n1. The zero-order valence-electron chi connectivity index (χ0n) is 7.96. The largest absolute Gasteiger partial charge is 0.339 e. The maximum absolute atomic E-state index is 4.38. The fourth-order valence-electron chi connectivity index (χ4n) is 1.34. The van der Waals surface area contributed by atoms with Gasteiger partial charge in [0.05, 0.1) is 0 Å². The molecule has 0 aliphatic carbocycles. The van der Waals surface area contributed by atoms with Crippen molar-refractivity contribution in [3.05, 3.63) is 35.6 Å². The topological polar surface area (TPSA) is 58.9 Å². The number of H-pyrrole nitrogens is 1. The molecule has 0 saturated heterocycles. The second-order valence-corrected chi connectivity index (χ2v) is 4.81. The summed E-state index contributed by atoms with van der Waals surface area (Å²) >= 11 is 4.82. The van der Waals surface area contributed by atoms with Crippen LogP contribution in [0.2, 0.25) is 0 Å². The van der Waals surface area contributed by atoms with Crippen LogP contribution >= 0.6 is 27.7 Å². The second kappa shape index (κ2) is 3.91. The van der Waals surface area contributed by atoms with Crippen LogP contribution in [0.15, 0.2) is 45.8 Å². The molecule has 1 N–H and O–H groups in total. The monoisotopic (exact) mass is 295 g/mol. The van der Waals surface area contributed by atoms with Crippen LogP contribution in [0.25, 0.3) is 5.65 Å². The average Bonchev–Trinajstić information content (AvgIpc) is 2.87. The molecule has 3 aromatic heterocycles. The molecular weight excluding hydrogens is 290 g/mol. The fourth-order valence-corrected chi connectivity index (χ4v) is 2.67. The van der Waals surface area contributed by atoms with Gasteiger partial charge in [-0.3, -0.25) is 0 Å². The minimum absolute atomic E-state index is 0.770. The van der Waals surface area contributed by atoms with Gasteiger partial charge in [0.1, 0.15) is 9.63 Å². The van der Waals surface area contributed by atoms with Gasteiger partial charge in [-0.25, -0.2) is 15.0 Å². The number of hydrogen-bond acceptors (Lipinski definition) is 4. The van der Waals surface area contributed by atoms with E-state index in [-0.39, 0.29) is 0 Å². The molecule has 3 rings (SSSR count). The molecule has 3 aromatic rings. The summed E-state index contributed by atoms with van der Waals surface area (Å²) in [5.41, 5.74) is 0.824. The van der Waals surface area contributed by atoms with Gasteiger partial charge in [-0.15, -0.1) is 0 Å². The highest BCUT2D eigenvalue weighted by molar-refractivity contribution is 9.10. The van der Waals surface area contributed by atoms with Crippen LogP contribution in [-0.4, -0.2) is 24.3 Å². The molecule has 3 heterocycles. The quantitative estimate of drug-likeness (QED) is 0.788. The maximum atomic E-state index is 4.38. The van der Waals surface area contributed by atoms with Crippen LogP contribution in [0.5, 0.6) is 0 Å². The summed E-state index contributed by atoms with van der Waals surface area (Å²) in [5.74, 6) is 0. The number of imidazole rings is 2. The zero-order chi connectivity index (χ0) is 11.0. The summed E-state index contributed by atoms with van der Waals surface area (Å²) in [4.78, 5) is 15.8. The Morgan fingerprint density at radius 3 is 3.06 bits per heavy atom. The van der Waals surface area contributed by atoms with Crippen LogP contribution in [0, 0.1) is 0 Å². The van der Waals surface area contributed by atoms with Gasteiger partial charge in [0.2, 0.25) is 0 Å². The molecule has 0 radical (unpaired) electrons. The summed E-state index contributed by atoms with van der Waals surface area (Å²) < 4.78 is 2.69. The number of nitrogens with zero attached hydrogens (tertiary/aromatic N) is 4. The third-order valence-corrected chi connectivity index (χ3v) is 3.25. The van der Waals surface area contributed by atoms with Crippen molar-refractivity contribution in [1.82, 2.24) is 24.3 Å². The third kappa shape index (κ3) is 1.72. The average molecular weight is 296 g/mol. The van der Waals surface area contributed by atoms with E-state index in [1.165, 1.54) is 11.8 Å². The number of fused-ring (bicyclic) bond motifs is 1. The first kappa shape index (κ1) is 9.86. The molecule has 0 saturated carbocycles. The Kier molecular flexibility index (Phi) is 2.41. The van der Waals surface area contributed by atoms with Gasteiger partial charge >= 0.3 is 0 Å². The lowest BCUT2D eigenvalue weighted by molar-refractivity contribution is 0.991. The van der Waals surface area contributed by atoms with Crippen molar-refractivity contribution >= 4 is 33.3 Å². The first-order valence-corrected chi connectivity index (χ1v) is 6.10. The molecule has 0 atom stereocenters. The van der Waals surface area contributed by atoms with Crippen molar-refractivity contribution in [3.63, 3.8) is 0 Å². The number of hydrogen-bond donors (Lipinski definition) is 1. The lowest BCUT2D eigenvalue weighted by Gasteiger charge is -2.01. The van der Waals surface area contributed by atoms with E-state index in [0.29, 0.717) is 0 Å². The normalized spacial score (nSPS) is 11.1. The standard InChI is InChI=1S/C9H6BrN5S/c10-6-5-15-4-3-11-7(15)8(14-6)16-9-12-1-2-13-9/h1-5H,(H,12,13). The number of nitrogens with one attached hydrogen (secondary N) is 1. The van der Waals surface area contributed by atoms with Crippen LogP contribution in [-0.2, 0) is 0 Å². The van der Waals surface area contributed by atoms with Crippen LogP contribution < -0.4 is 0 Å². The number of rotatable bonds is 2. The van der Waals surface area contributed by atoms with Gasteiger partial charge in [0.15, 0.2) is 10.8 Å². The maximum Gasteiger partial charge on any atom is 0.171 e. The summed E-state index contributed by atoms with van der Waals surface area (Å²) in [6.07, 6.45) is 8.99. The predicted molar refractivity (Wildman–Crippen MR) is 63.4 cm³/mol. The van der Waals surface area contributed by atoms with Gasteiger partial charge in [0.25, 0.3) is 0 Å². The molecule has 16 heavy (non-hydrogen) atoms. The Balaban J connectivity index is 2.11. The Hall–Kier alpha value is -1.34. The van der Waals surface area contributed by atoms with Crippen LogP contribution in [0.4, 0.5) is 0 Å². The Morgan fingerprint density at radius 1 is 1.31 bits per heavy atom. The fraction of sp³-hybridized carbons (Fsp3) is 0. The van der Waals surface area contributed by atoms with E-state index in [1.54, 1.807) is 18.6 Å². The molecule has 5 nitrogen and oxygen atoms in total. The lowest BCUT2D eigenvalue weighted by Crippen LogP contribution is -1.91. The van der Waals surface area contributed by atoms with E-state index in [9.17, 15) is 0 Å². The number of aromatic amines is 1. The van der Waals surface area contributed by atoms with Gasteiger partial charge < -0.3 is 9.38 Å². The van der Waals surface area contributed by atoms with E-state index in [2.05, 4.69) is 35.9 Å². The van der Waals surface area contributed by atoms with Crippen molar-refractivity contribution < 1.29 is 0 Å². The van der Waals surface area contributed by atoms with Crippen molar-refractivity contribution in [2.45, 2.75) is 10.2 Å². The lowest BCUT2D eigenvalue weighted by atomic mass is 10.7. The third-order valence-electron chi connectivity index (χ3n) is 1.98. The molecule has 0 fully saturated rings. The summed E-state index contributed by atoms with van der Waals surface area (Å²) in [7, 11) is 0. The highest BCUT2D eigenvalue weighted by atomic mass is 79.9. The molecule has 0 aliphatic heterocycles. The molecule has 0 amide bonds. The summed E-state index contributed by atoms with van der Waals surface area (Å²) in [6, 6.07) is 0. The minimum Gasteiger partial charge on any atom is -0.339 e. The van der Waals surface area contributed by atoms with Crippen LogP contribution in [0.3, 0.4) is 0 Å². The first-order chi connectivity index (χ1) is 7.83. The van der Waals surface area contributed by atoms with E-state index < -0.39 is 0 Å². The molecule has 0 spiro atoms. The Morgan fingerprint density at radius 2 is 2.25 bits per heavy atom. The minimum atomic E-state index is 0.770. The van der Waals surface area contributed by atoms with E-state index in [0.717, 1.165) is 20.4 Å². The predicted octanol–water partition coefficient (Wildman–Crippen LogP) is 2.37. The molecule has 0 aromatic carbocycles. The van der Waals surface area contributed by atoms with Gasteiger partial charge in [-0.1, -0.05) is 0 Å². The molecule has 0 unspecified atom stereocenters. The van der Waals surface area contributed by atoms with Crippen molar-refractivity contribution in [3.8, 4) is 0 Å². The zero-order valence-corrected chi connectivity index (χ0v) is 10.4. The molecule has 7 heteroatoms. The highest BCUT2D eigenvalue weighted by Crippen LogP contribution is 2.27. The van der Waals surface area contributed by atoms with E-state index >= 15 is 0 Å². The van der Waals surface area contributed by atoms with Crippen molar-refractivity contribution in [2.75, 3.05) is 0 Å². The van der Waals surface area contributed by atoms with E-state index in [1.807, 2.05) is 16.8 Å². The molecular formula is C9H6BrN5S. The van der Waals surface area contributed by atoms with Crippen LogP contribution in [0.1, 0.15) is 0 Å². The second-order valence-electron chi connectivity index (χ2n) is 3.02. The summed E-state index contributed by atoms with van der Waals surface area (Å²) in [5, 5.41) is 1.62. The number of aromatic nitrogens is 5. The van der Waals surface area contributed by atoms with Crippen molar-refractivity contribution in [2.24, 2.45) is 0 Å². The van der Waals surface area contributed by atoms with Gasteiger partial charge in [-0.2, -0.15) is 0 Å². The molecule has 0 bridgehead atoms. The van der Waals surface area contributed by atoms with Gasteiger partial charge in [0, 0.05) is 31.0 Å². The first-order valence-electron chi connectivity index (χ1n) is 4.49.